The molecule has 0 saturated carbocycles. The number of aliphatic hydroxyl groups is 6. The second-order valence-electron chi connectivity index (χ2n) is 13.7. The number of nitrogens with zero attached hydrogens (tertiary/aromatic N) is 2. The van der Waals surface area contributed by atoms with Crippen molar-refractivity contribution < 1.29 is 261 Å². The first-order valence-corrected chi connectivity index (χ1v) is 19.0. The molecule has 0 aliphatic carbocycles. The molecule has 0 unspecified atom stereocenters. The summed E-state index contributed by atoms with van der Waals surface area (Å²) in [5.74, 6) is -0.892. The average Bonchev–Trinajstić information content (AvgIpc) is 3.22. The Morgan fingerprint density at radius 2 is 1.18 bits per heavy atom. The van der Waals surface area contributed by atoms with Gasteiger partial charge in [0.05, 0.1) is 24.7 Å². The van der Waals surface area contributed by atoms with Crippen molar-refractivity contribution in [2.24, 2.45) is 0 Å². The van der Waals surface area contributed by atoms with Crippen LogP contribution in [0.3, 0.4) is 0 Å². The van der Waals surface area contributed by atoms with Gasteiger partial charge in [-0.2, -0.15) is 0 Å². The van der Waals surface area contributed by atoms with Crippen molar-refractivity contribution in [2.45, 2.75) is 108 Å². The van der Waals surface area contributed by atoms with E-state index in [-0.39, 0.29) is 240 Å². The van der Waals surface area contributed by atoms with Crippen LogP contribution in [0.1, 0.15) is 100 Å². The molecular formula is C43H59Ac5N5O8. The molecule has 2 aromatic heterocycles. The number of hydrogen-bond acceptors (Lipinski definition) is 11. The predicted octanol–water partition coefficient (Wildman–Crippen LogP) is 4.78. The number of nitrogens with one attached hydrogen (secondary N) is 3. The van der Waals surface area contributed by atoms with Gasteiger partial charge in [0.2, 0.25) is 5.91 Å². The molecule has 18 heteroatoms. The van der Waals surface area contributed by atoms with Crippen molar-refractivity contribution in [3.05, 3.63) is 120 Å². The number of aromatic nitrogens is 2. The first-order chi connectivity index (χ1) is 26.7. The van der Waals surface area contributed by atoms with E-state index >= 15 is 0 Å². The quantitative estimate of drug-likeness (QED) is 0.0435. The molecule has 2 aromatic carbocycles. The van der Waals surface area contributed by atoms with Gasteiger partial charge in [0.15, 0.2) is 6.10 Å². The van der Waals surface area contributed by atoms with Crippen molar-refractivity contribution in [3.8, 4) is 0 Å². The molecular weight excluding hydrogens is 1850 g/mol. The number of pyridine rings is 2. The fourth-order valence-corrected chi connectivity index (χ4v) is 6.47. The smallest absolute Gasteiger partial charge is 0.251 e. The second kappa shape index (κ2) is 39.3. The SMILES string of the molecule is C.O=C(CCCCCCCCCCNC(=O)[C@H](O)[C@@H](O)[C@H](O)[C@H](O)CO)Nc1ccccc1[C@@H](Nc1ccccn1)[C@H](c1ccccn1)[C@H](O)c1ccccc1.[Ac].[Ac].[Ac].[Ac].[Ac]. The Hall–Kier alpha value is 2.45. The van der Waals surface area contributed by atoms with Crippen molar-refractivity contribution in [3.63, 3.8) is 0 Å². The third-order valence-corrected chi connectivity index (χ3v) is 9.56. The molecule has 13 nitrogen and oxygen atoms in total. The van der Waals surface area contributed by atoms with Gasteiger partial charge in [-0.25, -0.2) is 4.98 Å². The van der Waals surface area contributed by atoms with Crippen molar-refractivity contribution in [1.82, 2.24) is 15.3 Å². The van der Waals surface area contributed by atoms with Crippen molar-refractivity contribution in [1.29, 1.82) is 0 Å². The number of para-hydroxylation sites is 1. The first kappa shape index (κ1) is 67.7. The summed E-state index contributed by atoms with van der Waals surface area (Å²) in [4.78, 5) is 34.5. The summed E-state index contributed by atoms with van der Waals surface area (Å²) in [5.41, 5.74) is 2.86. The molecule has 4 aromatic rings. The summed E-state index contributed by atoms with van der Waals surface area (Å²) in [7, 11) is 0. The minimum Gasteiger partial charge on any atom is -0.394 e. The summed E-state index contributed by atoms with van der Waals surface area (Å²) >= 11 is 0. The standard InChI is InChI=1S/C42H55N5O8.CH4.5Ac/c48-28-33(49)39(52)40(53)41(54)42(55)45-27-15-6-4-2-1-3-5-10-24-35(50)46-31-21-12-11-20-30(31)37(47-34-23-14-17-26-44-34)36(32-22-13-16-25-43-32)38(51)29-18-8-7-9-19-29;;;;;;/h7-9,11-14,16-23,25-26,33,36-41,48-49,51-54H,1-6,10,15,24,27-28H2,(H,44,47)(H,45,55)(H,46,50);1H4;;;;;/t33-,36+,37-,38-,39-,40+,41-;;;;;;/m1....../s1. The van der Waals surface area contributed by atoms with E-state index in [1.807, 2.05) is 91.0 Å². The third-order valence-electron chi connectivity index (χ3n) is 9.56. The largest absolute Gasteiger partial charge is 0.394 e. The zero-order chi connectivity index (χ0) is 39.4. The summed E-state index contributed by atoms with van der Waals surface area (Å²) in [5, 5.41) is 68.8. The van der Waals surface area contributed by atoms with Crippen LogP contribution in [0.5, 0.6) is 0 Å². The summed E-state index contributed by atoms with van der Waals surface area (Å²) in [6, 6.07) is 27.8. The van der Waals surface area contributed by atoms with Gasteiger partial charge in [0.1, 0.15) is 24.1 Å². The van der Waals surface area contributed by atoms with Gasteiger partial charge in [-0.05, 0) is 54.3 Å². The van der Waals surface area contributed by atoms with Crippen LogP contribution in [0.25, 0.3) is 0 Å². The molecule has 0 bridgehead atoms. The molecule has 7 atom stereocenters. The Morgan fingerprint density at radius 3 is 1.77 bits per heavy atom. The number of carbonyl (C=O) groups excluding carboxylic acids is 2. The van der Waals surface area contributed by atoms with E-state index in [2.05, 4.69) is 25.9 Å². The molecule has 61 heavy (non-hydrogen) atoms. The van der Waals surface area contributed by atoms with Gasteiger partial charge in [0, 0.05) is 257 Å². The van der Waals surface area contributed by atoms with E-state index in [9.17, 15) is 35.1 Å². The number of carbonyl (C=O) groups is 2. The van der Waals surface area contributed by atoms with Crippen LogP contribution < -0.4 is 16.0 Å². The molecule has 5 radical (unpaired) electrons. The number of aliphatic hydroxyl groups excluding tert-OH is 6. The molecule has 2 amide bonds. The molecule has 0 spiro atoms. The Bertz CT molecular complexity index is 1710. The van der Waals surface area contributed by atoms with Crippen molar-refractivity contribution >= 4 is 23.3 Å². The van der Waals surface area contributed by atoms with Crippen LogP contribution in [0.15, 0.2) is 103 Å². The molecule has 0 fully saturated rings. The summed E-state index contributed by atoms with van der Waals surface area (Å²) < 4.78 is 0. The maximum atomic E-state index is 13.3. The van der Waals surface area contributed by atoms with E-state index in [1.165, 1.54) is 0 Å². The van der Waals surface area contributed by atoms with E-state index in [0.29, 0.717) is 30.0 Å². The normalized spacial score (nSPS) is 13.7. The van der Waals surface area contributed by atoms with E-state index < -0.39 is 55.0 Å². The van der Waals surface area contributed by atoms with Gasteiger partial charge in [-0.3, -0.25) is 14.6 Å². The molecule has 2 heterocycles. The molecule has 0 aliphatic rings. The van der Waals surface area contributed by atoms with Gasteiger partial charge in [-0.15, -0.1) is 0 Å². The minimum absolute atomic E-state index is 0. The number of hydrogen-bond donors (Lipinski definition) is 9. The molecule has 0 saturated heterocycles. The maximum absolute atomic E-state index is 13.3. The number of anilines is 2. The van der Waals surface area contributed by atoms with Crippen LogP contribution in [0.2, 0.25) is 0 Å². The molecule has 319 valence electrons. The summed E-state index contributed by atoms with van der Waals surface area (Å²) in [6.07, 6.45) is 2.55. The fraction of sp³-hybridized carbons (Fsp3) is 0.442. The van der Waals surface area contributed by atoms with Gasteiger partial charge in [0.25, 0.3) is 5.91 Å². The van der Waals surface area contributed by atoms with E-state index in [0.717, 1.165) is 56.1 Å². The minimum atomic E-state index is -1.93. The number of rotatable bonds is 24. The van der Waals surface area contributed by atoms with Crippen LogP contribution in [0.4, 0.5) is 11.5 Å². The first-order valence-electron chi connectivity index (χ1n) is 19.0. The number of amides is 2. The third kappa shape index (κ3) is 24.0. The maximum Gasteiger partial charge on any atom is 0.251 e. The predicted molar refractivity (Wildman–Crippen MR) is 216 cm³/mol. The average molecular weight is 1910 g/mol. The van der Waals surface area contributed by atoms with E-state index in [4.69, 9.17) is 5.11 Å². The molecule has 0 aliphatic heterocycles. The Kier molecular flexibility index (Phi) is 43.6. The zero-order valence-corrected chi connectivity index (χ0v) is 57.6. The molecule has 4 rings (SSSR count). The Labute approximate surface area is 540 Å². The summed E-state index contributed by atoms with van der Waals surface area (Å²) in [6.45, 7) is -0.529. The zero-order valence-electron chi connectivity index (χ0n) is 33.9. The fourth-order valence-electron chi connectivity index (χ4n) is 6.47. The van der Waals surface area contributed by atoms with Crippen LogP contribution in [-0.4, -0.2) is 90.0 Å². The van der Waals surface area contributed by atoms with Crippen LogP contribution in [0, 0.1) is 220 Å². The number of benzene rings is 2. The van der Waals surface area contributed by atoms with Crippen LogP contribution in [-0.2, 0) is 9.59 Å². The van der Waals surface area contributed by atoms with E-state index in [1.54, 1.807) is 12.4 Å². The monoisotopic (exact) mass is 1910 g/mol. The van der Waals surface area contributed by atoms with Gasteiger partial charge in [-0.1, -0.05) is 107 Å². The Morgan fingerprint density at radius 1 is 0.623 bits per heavy atom. The van der Waals surface area contributed by atoms with Gasteiger partial charge >= 0.3 is 0 Å². The molecule has 9 N–H and O–H groups in total. The Balaban J connectivity index is -0.00000561. The topological polar surface area (TPSA) is 217 Å². The van der Waals surface area contributed by atoms with Crippen LogP contribution >= 0.6 is 0 Å². The van der Waals surface area contributed by atoms with Gasteiger partial charge < -0.3 is 46.6 Å². The van der Waals surface area contributed by atoms with Crippen molar-refractivity contribution in [2.75, 3.05) is 23.8 Å². The number of unbranched alkanes of at least 4 members (excludes halogenated alkanes) is 7. The second-order valence-corrected chi connectivity index (χ2v) is 13.7.